The Morgan fingerprint density at radius 2 is 2.00 bits per heavy atom. The fourth-order valence-electron chi connectivity index (χ4n) is 3.41. The fraction of sp³-hybridized carbons (Fsp3) is 0.778. The van der Waals surface area contributed by atoms with Crippen molar-refractivity contribution in [1.29, 1.82) is 0 Å². The summed E-state index contributed by atoms with van der Waals surface area (Å²) in [5.74, 6) is -0.648. The molecular formula is C9H8IO5S-. The normalized spacial score (nSPS) is 58.1. The van der Waals surface area contributed by atoms with E-state index in [0.29, 0.717) is 0 Å². The van der Waals surface area contributed by atoms with Gasteiger partial charge in [0.05, 0.1) is 0 Å². The van der Waals surface area contributed by atoms with Crippen molar-refractivity contribution in [3.63, 3.8) is 0 Å². The molecule has 4 aliphatic heterocycles. The average molecular weight is 355 g/mol. The van der Waals surface area contributed by atoms with Crippen molar-refractivity contribution < 1.29 is 43.1 Å². The monoisotopic (exact) mass is 355 g/mol. The minimum absolute atomic E-state index is 0.212. The molecular weight excluding hydrogens is 347 g/mol. The molecule has 4 fully saturated rings. The number of fused-ring (bicyclic) bond motifs is 2. The van der Waals surface area contributed by atoms with E-state index in [1.807, 2.05) is 0 Å². The van der Waals surface area contributed by atoms with Gasteiger partial charge in [0, 0.05) is 0 Å². The molecule has 88 valence electrons. The summed E-state index contributed by atoms with van der Waals surface area (Å²) in [6.07, 6.45) is 1.14. The predicted molar refractivity (Wildman–Crippen MR) is 47.2 cm³/mol. The van der Waals surface area contributed by atoms with E-state index < -0.39 is 48.6 Å². The first-order chi connectivity index (χ1) is 7.61. The van der Waals surface area contributed by atoms with Crippen LogP contribution in [0.3, 0.4) is 0 Å². The van der Waals surface area contributed by atoms with Gasteiger partial charge in [0.1, 0.15) is 0 Å². The molecule has 4 saturated heterocycles. The molecule has 0 aromatic carbocycles. The first kappa shape index (κ1) is 9.95. The quantitative estimate of drug-likeness (QED) is 0.146. The van der Waals surface area contributed by atoms with E-state index in [1.165, 1.54) is 0 Å². The third-order valence-electron chi connectivity index (χ3n) is 4.06. The molecule has 0 N–H and O–H groups in total. The number of halogens is 1. The van der Waals surface area contributed by atoms with E-state index in [0.717, 1.165) is 12.8 Å². The Labute approximate surface area is 102 Å². The van der Waals surface area contributed by atoms with Gasteiger partial charge in [0.25, 0.3) is 0 Å². The van der Waals surface area contributed by atoms with Gasteiger partial charge in [-0.15, -0.1) is 0 Å². The van der Waals surface area contributed by atoms with Gasteiger partial charge in [-0.3, -0.25) is 0 Å². The zero-order valence-corrected chi connectivity index (χ0v) is 11.1. The number of hydrogen-bond acceptors (Lipinski definition) is 5. The number of hydrogen-bond donors (Lipinski definition) is 0. The van der Waals surface area contributed by atoms with Crippen molar-refractivity contribution in [1.82, 2.24) is 0 Å². The number of esters is 2. The van der Waals surface area contributed by atoms with E-state index in [-0.39, 0.29) is 18.0 Å². The van der Waals surface area contributed by atoms with Crippen LogP contribution in [-0.2, 0) is 27.0 Å². The third kappa shape index (κ3) is 0.752. The standard InChI is InChI=1S/C9H8IO5S/c11-6-8-3-16(13)10-9(8,7(12)15-6)5-2-1-4(8)14-5/h4-5H,1-3H2/q-1/t4?,5?,8-,9?,16?/m1/s1. The predicted octanol–water partition coefficient (Wildman–Crippen LogP) is -3.88. The maximum atomic E-state index is 12.0. The first-order valence-corrected chi connectivity index (χ1v) is 10.0. The summed E-state index contributed by atoms with van der Waals surface area (Å²) in [7, 11) is -0.993. The third-order valence-corrected chi connectivity index (χ3v) is 11.7. The second-order valence-corrected chi connectivity index (χ2v) is 11.6. The van der Waals surface area contributed by atoms with Crippen LogP contribution in [-0.4, -0.2) is 37.5 Å². The zero-order valence-electron chi connectivity index (χ0n) is 8.10. The molecule has 4 unspecified atom stereocenters. The Balaban J connectivity index is 2.02. The molecule has 5 nitrogen and oxygen atoms in total. The maximum absolute atomic E-state index is 12.0. The summed E-state index contributed by atoms with van der Waals surface area (Å²) < 4.78 is 21.6. The van der Waals surface area contributed by atoms with Crippen molar-refractivity contribution in [2.24, 2.45) is 5.41 Å². The topological polar surface area (TPSA) is 69.7 Å². The number of ether oxygens (including phenoxy) is 2. The van der Waals surface area contributed by atoms with Crippen LogP contribution in [0.5, 0.6) is 0 Å². The first-order valence-electron chi connectivity index (χ1n) is 5.08. The van der Waals surface area contributed by atoms with E-state index in [4.69, 9.17) is 9.47 Å². The minimum atomic E-state index is -0.993. The van der Waals surface area contributed by atoms with Crippen LogP contribution >= 0.6 is 0 Å². The van der Waals surface area contributed by atoms with Crippen LogP contribution in [0.4, 0.5) is 0 Å². The van der Waals surface area contributed by atoms with Crippen LogP contribution in [0.25, 0.3) is 0 Å². The number of carbonyl (C=O) groups is 2. The van der Waals surface area contributed by atoms with Crippen molar-refractivity contribution in [3.8, 4) is 0 Å². The Morgan fingerprint density at radius 1 is 1.25 bits per heavy atom. The Bertz CT molecular complexity index is 427. The SMILES string of the molecule is O=C1OC(=O)[C@]23CS(=O)[I-]C12C1CCC3O1. The molecule has 4 rings (SSSR count). The van der Waals surface area contributed by atoms with Crippen LogP contribution in [0.2, 0.25) is 0 Å². The molecule has 7 heteroatoms. The molecule has 0 aromatic heterocycles. The number of alkyl halides is 1. The number of rotatable bonds is 0. The van der Waals surface area contributed by atoms with Gasteiger partial charge in [0.2, 0.25) is 0 Å². The van der Waals surface area contributed by atoms with Crippen molar-refractivity contribution in [2.45, 2.75) is 28.5 Å². The van der Waals surface area contributed by atoms with Gasteiger partial charge in [-0.1, -0.05) is 0 Å². The zero-order chi connectivity index (χ0) is 11.1. The fourth-order valence-corrected chi connectivity index (χ4v) is 13.3. The van der Waals surface area contributed by atoms with E-state index in [9.17, 15) is 13.8 Å². The summed E-state index contributed by atoms with van der Waals surface area (Å²) in [6, 6.07) is 0. The molecule has 5 atom stereocenters. The van der Waals surface area contributed by atoms with E-state index in [2.05, 4.69) is 0 Å². The van der Waals surface area contributed by atoms with Gasteiger partial charge in [-0.05, 0) is 0 Å². The van der Waals surface area contributed by atoms with E-state index >= 15 is 0 Å². The van der Waals surface area contributed by atoms with Crippen LogP contribution in [0.15, 0.2) is 0 Å². The van der Waals surface area contributed by atoms with Gasteiger partial charge < -0.3 is 0 Å². The molecule has 0 radical (unpaired) electrons. The summed E-state index contributed by atoms with van der Waals surface area (Å²) >= 11 is -0.870. The second kappa shape index (κ2) is 2.69. The number of carbonyl (C=O) groups excluding carboxylic acids is 2. The Morgan fingerprint density at radius 3 is 2.75 bits per heavy atom. The van der Waals surface area contributed by atoms with Gasteiger partial charge in [0.15, 0.2) is 0 Å². The summed E-state index contributed by atoms with van der Waals surface area (Å²) in [5, 5.41) is 0. The molecule has 4 aliphatic rings. The van der Waals surface area contributed by atoms with Crippen LogP contribution < -0.4 is 19.8 Å². The van der Waals surface area contributed by atoms with E-state index in [1.54, 1.807) is 0 Å². The molecule has 0 amide bonds. The molecule has 2 bridgehead atoms. The van der Waals surface area contributed by atoms with Gasteiger partial charge in [-0.2, -0.15) is 0 Å². The summed E-state index contributed by atoms with van der Waals surface area (Å²) in [6.45, 7) is 0. The number of cyclic esters (lactones) is 2. The molecule has 4 heterocycles. The molecule has 0 saturated carbocycles. The summed E-state index contributed by atoms with van der Waals surface area (Å²) in [4.78, 5) is 23.9. The van der Waals surface area contributed by atoms with Crippen molar-refractivity contribution in [2.75, 3.05) is 5.75 Å². The van der Waals surface area contributed by atoms with Crippen LogP contribution in [0.1, 0.15) is 12.8 Å². The van der Waals surface area contributed by atoms with Crippen molar-refractivity contribution in [3.05, 3.63) is 0 Å². The Hall–Kier alpha value is -0.0200. The van der Waals surface area contributed by atoms with Crippen LogP contribution in [0, 0.1) is 5.41 Å². The van der Waals surface area contributed by atoms with Gasteiger partial charge in [-0.25, -0.2) is 0 Å². The van der Waals surface area contributed by atoms with Crippen molar-refractivity contribution >= 4 is 19.9 Å². The second-order valence-electron chi connectivity index (χ2n) is 4.56. The van der Waals surface area contributed by atoms with Gasteiger partial charge >= 0.3 is 103 Å². The molecule has 0 aromatic rings. The Kier molecular flexibility index (Phi) is 1.67. The molecule has 0 spiro atoms. The molecule has 0 aliphatic carbocycles. The summed E-state index contributed by atoms with van der Waals surface area (Å²) in [5.41, 5.74) is -0.870. The molecule has 16 heavy (non-hydrogen) atoms. The average Bonchev–Trinajstić information content (AvgIpc) is 2.86.